The first-order chi connectivity index (χ1) is 7.24. The van der Waals surface area contributed by atoms with Crippen molar-refractivity contribution in [3.63, 3.8) is 0 Å². The molecule has 3 nitrogen and oxygen atoms in total. The number of pyridine rings is 2. The van der Waals surface area contributed by atoms with E-state index in [1.54, 1.807) is 6.20 Å². The number of fused-ring (bicyclic) bond motifs is 1. The normalized spacial score (nSPS) is 10.5. The van der Waals surface area contributed by atoms with Crippen LogP contribution in [0.5, 0.6) is 0 Å². The largest absolute Gasteiger partial charge is 0.323 e. The number of hydrogen-bond acceptors (Lipinski definition) is 3. The monoisotopic (exact) mass is 219 g/mol. The number of aromatic nitrogens is 2. The highest BCUT2D eigenvalue weighted by atomic mass is 32.1. The van der Waals surface area contributed by atoms with E-state index in [0.29, 0.717) is 0 Å². The molecule has 2 aromatic rings. The average molecular weight is 219 g/mol. The van der Waals surface area contributed by atoms with Crippen molar-refractivity contribution in [3.8, 4) is 0 Å². The minimum atomic E-state index is 0.794. The topological polar surface area (TPSA) is 29.9 Å². The first-order valence-corrected chi connectivity index (χ1v) is 5.36. The molecule has 0 aliphatic rings. The quantitative estimate of drug-likeness (QED) is 0.787. The van der Waals surface area contributed by atoms with Gasteiger partial charge in [0.15, 0.2) is 5.65 Å². The van der Waals surface area contributed by atoms with Crippen molar-refractivity contribution < 1.29 is 0 Å². The van der Waals surface area contributed by atoms with Crippen LogP contribution in [0.4, 0.5) is 0 Å². The fraction of sp³-hybridized carbons (Fsp3) is 0.273. The first-order valence-electron chi connectivity index (χ1n) is 4.95. The molecule has 0 aliphatic carbocycles. The summed E-state index contributed by atoms with van der Waals surface area (Å²) in [6.45, 7) is 4.88. The molecular weight excluding hydrogens is 206 g/mol. The fourth-order valence-corrected chi connectivity index (χ4v) is 1.79. The minimum absolute atomic E-state index is 0.794. The van der Waals surface area contributed by atoms with Gasteiger partial charge in [-0.15, -0.1) is 0 Å². The second-order valence-electron chi connectivity index (χ2n) is 3.40. The molecule has 1 N–H and O–H groups in total. The molecule has 0 aromatic carbocycles. The number of nitrogens with zero attached hydrogens (tertiary/aromatic N) is 2. The Bertz CT molecular complexity index is 545. The maximum atomic E-state index is 5.35. The SMILES string of the molecule is CCNn1c(=S)c(C)cc2cccnc21. The third-order valence-electron chi connectivity index (χ3n) is 2.26. The van der Waals surface area contributed by atoms with E-state index < -0.39 is 0 Å². The Morgan fingerprint density at radius 1 is 1.53 bits per heavy atom. The van der Waals surface area contributed by atoms with Gasteiger partial charge in [0.2, 0.25) is 0 Å². The Hall–Kier alpha value is -1.42. The summed E-state index contributed by atoms with van der Waals surface area (Å²) in [5, 5.41) is 1.10. The average Bonchev–Trinajstić information content (AvgIpc) is 2.25. The van der Waals surface area contributed by atoms with E-state index in [-0.39, 0.29) is 0 Å². The van der Waals surface area contributed by atoms with Crippen LogP contribution in [0.15, 0.2) is 24.4 Å². The minimum Gasteiger partial charge on any atom is -0.323 e. The molecule has 0 saturated carbocycles. The standard InChI is InChI=1S/C11H13N3S/c1-3-13-14-10-9(5-4-6-12-10)7-8(2)11(14)15/h4-7,13H,3H2,1-2H3. The van der Waals surface area contributed by atoms with Crippen LogP contribution in [0.1, 0.15) is 12.5 Å². The van der Waals surface area contributed by atoms with Crippen molar-refractivity contribution in [2.24, 2.45) is 0 Å². The van der Waals surface area contributed by atoms with Crippen LogP contribution < -0.4 is 5.43 Å². The van der Waals surface area contributed by atoms with Gasteiger partial charge in [0.25, 0.3) is 0 Å². The molecular formula is C11H13N3S. The highest BCUT2D eigenvalue weighted by molar-refractivity contribution is 7.71. The molecule has 0 spiro atoms. The Kier molecular flexibility index (Phi) is 2.68. The van der Waals surface area contributed by atoms with Crippen LogP contribution in [0, 0.1) is 11.6 Å². The van der Waals surface area contributed by atoms with Crippen molar-refractivity contribution in [1.29, 1.82) is 0 Å². The first kappa shape index (κ1) is 10.1. The van der Waals surface area contributed by atoms with Gasteiger partial charge in [-0.1, -0.05) is 12.2 Å². The number of rotatable bonds is 2. The van der Waals surface area contributed by atoms with Crippen molar-refractivity contribution in [2.75, 3.05) is 12.0 Å². The van der Waals surface area contributed by atoms with Gasteiger partial charge in [-0.25, -0.2) is 9.66 Å². The maximum absolute atomic E-state index is 5.35. The van der Waals surface area contributed by atoms with Crippen LogP contribution in [0.25, 0.3) is 11.0 Å². The summed E-state index contributed by atoms with van der Waals surface area (Å²) in [5.41, 5.74) is 5.18. The molecule has 2 heterocycles. The molecule has 0 aliphatic heterocycles. The van der Waals surface area contributed by atoms with Gasteiger partial charge in [0, 0.05) is 18.1 Å². The zero-order valence-corrected chi connectivity index (χ0v) is 9.64. The Morgan fingerprint density at radius 3 is 3.07 bits per heavy atom. The summed E-state index contributed by atoms with van der Waals surface area (Å²) >= 11 is 5.35. The van der Waals surface area contributed by atoms with E-state index in [9.17, 15) is 0 Å². The Balaban J connectivity index is 2.83. The van der Waals surface area contributed by atoms with Crippen molar-refractivity contribution >= 4 is 23.3 Å². The third-order valence-corrected chi connectivity index (χ3v) is 2.76. The van der Waals surface area contributed by atoms with E-state index in [1.807, 2.05) is 30.7 Å². The van der Waals surface area contributed by atoms with Gasteiger partial charge in [0.05, 0.1) is 0 Å². The zero-order chi connectivity index (χ0) is 10.8. The highest BCUT2D eigenvalue weighted by Crippen LogP contribution is 2.14. The predicted octanol–water partition coefficient (Wildman–Crippen LogP) is 2.64. The summed E-state index contributed by atoms with van der Waals surface area (Å²) < 4.78 is 2.67. The lowest BCUT2D eigenvalue weighted by molar-refractivity contribution is 0.859. The summed E-state index contributed by atoms with van der Waals surface area (Å²) in [6, 6.07) is 6.04. The molecule has 2 aromatic heterocycles. The van der Waals surface area contributed by atoms with E-state index in [2.05, 4.69) is 16.5 Å². The van der Waals surface area contributed by atoms with E-state index in [0.717, 1.165) is 27.8 Å². The number of nitrogens with one attached hydrogen (secondary N) is 1. The Morgan fingerprint density at radius 2 is 2.33 bits per heavy atom. The molecule has 4 heteroatoms. The predicted molar refractivity (Wildman–Crippen MR) is 65.2 cm³/mol. The van der Waals surface area contributed by atoms with Gasteiger partial charge in [-0.3, -0.25) is 0 Å². The lowest BCUT2D eigenvalue weighted by Gasteiger charge is -2.12. The van der Waals surface area contributed by atoms with Crippen molar-refractivity contribution in [1.82, 2.24) is 9.66 Å². The van der Waals surface area contributed by atoms with E-state index in [4.69, 9.17) is 12.2 Å². The molecule has 2 rings (SSSR count). The molecule has 0 radical (unpaired) electrons. The maximum Gasteiger partial charge on any atom is 0.159 e. The fourth-order valence-electron chi connectivity index (χ4n) is 1.58. The second kappa shape index (κ2) is 3.98. The smallest absolute Gasteiger partial charge is 0.159 e. The molecule has 0 saturated heterocycles. The van der Waals surface area contributed by atoms with Crippen LogP contribution in [0.2, 0.25) is 0 Å². The van der Waals surface area contributed by atoms with Gasteiger partial charge in [0.1, 0.15) is 4.64 Å². The number of hydrogen-bond donors (Lipinski definition) is 1. The van der Waals surface area contributed by atoms with Gasteiger partial charge < -0.3 is 5.43 Å². The summed E-state index contributed by atoms with van der Waals surface area (Å²) in [6.07, 6.45) is 1.78. The molecule has 0 amide bonds. The van der Waals surface area contributed by atoms with Gasteiger partial charge in [-0.2, -0.15) is 0 Å². The lowest BCUT2D eigenvalue weighted by atomic mass is 10.2. The summed E-state index contributed by atoms with van der Waals surface area (Å²) in [7, 11) is 0. The summed E-state index contributed by atoms with van der Waals surface area (Å²) in [4.78, 5) is 4.34. The molecule has 0 unspecified atom stereocenters. The van der Waals surface area contributed by atoms with Crippen LogP contribution >= 0.6 is 12.2 Å². The summed E-state index contributed by atoms with van der Waals surface area (Å²) in [5.74, 6) is 0. The van der Waals surface area contributed by atoms with Crippen molar-refractivity contribution in [3.05, 3.63) is 34.6 Å². The number of aryl methyl sites for hydroxylation is 1. The third kappa shape index (κ3) is 1.72. The zero-order valence-electron chi connectivity index (χ0n) is 8.82. The van der Waals surface area contributed by atoms with E-state index in [1.165, 1.54) is 0 Å². The molecule has 0 atom stereocenters. The highest BCUT2D eigenvalue weighted by Gasteiger charge is 2.02. The van der Waals surface area contributed by atoms with Gasteiger partial charge in [-0.05, 0) is 37.6 Å². The lowest BCUT2D eigenvalue weighted by Crippen LogP contribution is -2.17. The van der Waals surface area contributed by atoms with Crippen LogP contribution in [-0.2, 0) is 0 Å². The van der Waals surface area contributed by atoms with E-state index >= 15 is 0 Å². The second-order valence-corrected chi connectivity index (χ2v) is 3.78. The molecule has 15 heavy (non-hydrogen) atoms. The molecule has 0 fully saturated rings. The van der Waals surface area contributed by atoms with Crippen LogP contribution in [0.3, 0.4) is 0 Å². The molecule has 78 valence electrons. The Labute approximate surface area is 93.7 Å². The van der Waals surface area contributed by atoms with Crippen LogP contribution in [-0.4, -0.2) is 16.2 Å². The van der Waals surface area contributed by atoms with Gasteiger partial charge >= 0.3 is 0 Å². The van der Waals surface area contributed by atoms with Crippen molar-refractivity contribution in [2.45, 2.75) is 13.8 Å². The molecule has 0 bridgehead atoms.